The Morgan fingerprint density at radius 3 is 2.86 bits per heavy atom. The van der Waals surface area contributed by atoms with Gasteiger partial charge in [0.25, 0.3) is 5.91 Å². The minimum atomic E-state index is -0.405. The van der Waals surface area contributed by atoms with E-state index < -0.39 is 5.91 Å². The molecule has 0 saturated carbocycles. The minimum absolute atomic E-state index is 0.179. The summed E-state index contributed by atoms with van der Waals surface area (Å²) in [4.78, 5) is 11.8. The van der Waals surface area contributed by atoms with E-state index in [0.717, 1.165) is 5.57 Å². The van der Waals surface area contributed by atoms with Crippen LogP contribution >= 0.6 is 12.2 Å². The van der Waals surface area contributed by atoms with Crippen LogP contribution in [0.25, 0.3) is 0 Å². The molecular formula is C16H16N2O3S. The Morgan fingerprint density at radius 1 is 1.36 bits per heavy atom. The molecule has 2 N–H and O–H groups in total. The molecular weight excluding hydrogens is 300 g/mol. The van der Waals surface area contributed by atoms with E-state index in [4.69, 9.17) is 21.4 Å². The normalized spacial score (nSPS) is 9.86. The SMILES string of the molecule is C=C(C)COc1cccc(NC(=S)NC(=O)c2ccco2)c1. The summed E-state index contributed by atoms with van der Waals surface area (Å²) >= 11 is 5.10. The van der Waals surface area contributed by atoms with Crippen LogP contribution in [0, 0.1) is 0 Å². The summed E-state index contributed by atoms with van der Waals surface area (Å²) in [6.07, 6.45) is 1.42. The van der Waals surface area contributed by atoms with Crippen molar-refractivity contribution in [3.05, 3.63) is 60.6 Å². The number of hydrogen-bond donors (Lipinski definition) is 2. The fraction of sp³-hybridized carbons (Fsp3) is 0.125. The number of nitrogens with one attached hydrogen (secondary N) is 2. The monoisotopic (exact) mass is 316 g/mol. The number of carbonyl (C=O) groups excluding carboxylic acids is 1. The number of thiocarbonyl (C=S) groups is 1. The lowest BCUT2D eigenvalue weighted by Gasteiger charge is -2.11. The molecule has 1 amide bonds. The first-order valence-corrected chi connectivity index (χ1v) is 6.98. The Labute approximate surface area is 134 Å². The molecule has 2 aromatic rings. The van der Waals surface area contributed by atoms with Crippen molar-refractivity contribution in [2.75, 3.05) is 11.9 Å². The Kier molecular flexibility index (Phi) is 5.32. The van der Waals surface area contributed by atoms with E-state index in [-0.39, 0.29) is 10.9 Å². The molecule has 0 aliphatic rings. The van der Waals surface area contributed by atoms with Gasteiger partial charge in [-0.05, 0) is 49.0 Å². The summed E-state index contributed by atoms with van der Waals surface area (Å²) in [5.74, 6) is 0.480. The number of ether oxygens (including phenoxy) is 1. The second kappa shape index (κ2) is 7.42. The first kappa shape index (κ1) is 15.8. The number of furan rings is 1. The van der Waals surface area contributed by atoms with Gasteiger partial charge in [0.05, 0.1) is 6.26 Å². The van der Waals surface area contributed by atoms with Gasteiger partial charge >= 0.3 is 0 Å². The quantitative estimate of drug-likeness (QED) is 0.654. The van der Waals surface area contributed by atoms with Crippen LogP contribution < -0.4 is 15.4 Å². The number of hydrogen-bond acceptors (Lipinski definition) is 4. The molecule has 5 nitrogen and oxygen atoms in total. The van der Waals surface area contributed by atoms with Crippen LogP contribution in [0.3, 0.4) is 0 Å². The maximum Gasteiger partial charge on any atom is 0.293 e. The highest BCUT2D eigenvalue weighted by Gasteiger charge is 2.10. The zero-order chi connectivity index (χ0) is 15.9. The van der Waals surface area contributed by atoms with E-state index in [1.54, 1.807) is 18.2 Å². The highest BCUT2D eigenvalue weighted by molar-refractivity contribution is 7.80. The predicted molar refractivity (Wildman–Crippen MR) is 89.1 cm³/mol. The lowest BCUT2D eigenvalue weighted by molar-refractivity contribution is 0.0950. The zero-order valence-electron chi connectivity index (χ0n) is 12.1. The molecule has 1 heterocycles. The van der Waals surface area contributed by atoms with E-state index >= 15 is 0 Å². The predicted octanol–water partition coefficient (Wildman–Crippen LogP) is 3.36. The minimum Gasteiger partial charge on any atom is -0.489 e. The molecule has 0 fully saturated rings. The van der Waals surface area contributed by atoms with Crippen molar-refractivity contribution in [2.24, 2.45) is 0 Å². The first-order chi connectivity index (χ1) is 10.5. The summed E-state index contributed by atoms with van der Waals surface area (Å²) < 4.78 is 10.5. The van der Waals surface area contributed by atoms with Crippen molar-refractivity contribution in [2.45, 2.75) is 6.92 Å². The fourth-order valence-corrected chi connectivity index (χ4v) is 1.82. The average Bonchev–Trinajstić information content (AvgIpc) is 2.99. The second-order valence-electron chi connectivity index (χ2n) is 4.66. The van der Waals surface area contributed by atoms with E-state index in [1.165, 1.54) is 6.26 Å². The van der Waals surface area contributed by atoms with Crippen molar-refractivity contribution < 1.29 is 13.9 Å². The Balaban J connectivity index is 1.92. The summed E-state index contributed by atoms with van der Waals surface area (Å²) in [6, 6.07) is 10.5. The van der Waals surface area contributed by atoms with Crippen LogP contribution in [0.15, 0.2) is 59.2 Å². The standard InChI is InChI=1S/C16H16N2O3S/c1-11(2)10-21-13-6-3-5-12(9-13)17-16(22)18-15(19)14-7-4-8-20-14/h3-9H,1,10H2,2H3,(H2,17,18,19,22). The van der Waals surface area contributed by atoms with Crippen LogP contribution in [0.5, 0.6) is 5.75 Å². The fourth-order valence-electron chi connectivity index (χ4n) is 1.60. The molecule has 1 aromatic heterocycles. The van der Waals surface area contributed by atoms with Crippen molar-refractivity contribution >= 4 is 28.9 Å². The van der Waals surface area contributed by atoms with Crippen molar-refractivity contribution in [3.63, 3.8) is 0 Å². The van der Waals surface area contributed by atoms with E-state index in [0.29, 0.717) is 18.0 Å². The summed E-state index contributed by atoms with van der Waals surface area (Å²) in [5.41, 5.74) is 1.64. The number of rotatable bonds is 5. The van der Waals surface area contributed by atoms with Crippen LogP contribution in [-0.4, -0.2) is 17.6 Å². The third-order valence-electron chi connectivity index (χ3n) is 2.55. The van der Waals surface area contributed by atoms with Gasteiger partial charge < -0.3 is 14.5 Å². The average molecular weight is 316 g/mol. The highest BCUT2D eigenvalue weighted by atomic mass is 32.1. The van der Waals surface area contributed by atoms with Gasteiger partial charge in [-0.3, -0.25) is 10.1 Å². The van der Waals surface area contributed by atoms with Gasteiger partial charge in [0.1, 0.15) is 12.4 Å². The number of anilines is 1. The van der Waals surface area contributed by atoms with Gasteiger partial charge in [0.2, 0.25) is 0 Å². The smallest absolute Gasteiger partial charge is 0.293 e. The number of amides is 1. The Bertz CT molecular complexity index is 680. The van der Waals surface area contributed by atoms with Crippen molar-refractivity contribution in [3.8, 4) is 5.75 Å². The van der Waals surface area contributed by atoms with Crippen molar-refractivity contribution in [1.29, 1.82) is 0 Å². The largest absolute Gasteiger partial charge is 0.489 e. The van der Waals surface area contributed by atoms with Gasteiger partial charge in [-0.15, -0.1) is 0 Å². The maximum atomic E-state index is 11.8. The van der Waals surface area contributed by atoms with Crippen molar-refractivity contribution in [1.82, 2.24) is 5.32 Å². The van der Waals surface area contributed by atoms with Gasteiger partial charge in [-0.2, -0.15) is 0 Å². The molecule has 0 saturated heterocycles. The van der Waals surface area contributed by atoms with Gasteiger partial charge in [0, 0.05) is 11.8 Å². The highest BCUT2D eigenvalue weighted by Crippen LogP contribution is 2.17. The van der Waals surface area contributed by atoms with Crippen LogP contribution in [0.4, 0.5) is 5.69 Å². The van der Waals surface area contributed by atoms with Crippen LogP contribution in [-0.2, 0) is 0 Å². The first-order valence-electron chi connectivity index (χ1n) is 6.57. The molecule has 6 heteroatoms. The summed E-state index contributed by atoms with van der Waals surface area (Å²) in [7, 11) is 0. The van der Waals surface area contributed by atoms with Gasteiger partial charge in [0.15, 0.2) is 10.9 Å². The van der Waals surface area contributed by atoms with Crippen LogP contribution in [0.2, 0.25) is 0 Å². The Hall–Kier alpha value is -2.60. The van der Waals surface area contributed by atoms with E-state index in [9.17, 15) is 4.79 Å². The third kappa shape index (κ3) is 4.75. The number of carbonyl (C=O) groups is 1. The molecule has 0 aliphatic heterocycles. The molecule has 0 spiro atoms. The van der Waals surface area contributed by atoms with Gasteiger partial charge in [-0.25, -0.2) is 0 Å². The molecule has 0 bridgehead atoms. The lowest BCUT2D eigenvalue weighted by Crippen LogP contribution is -2.33. The van der Waals surface area contributed by atoms with E-state index in [1.807, 2.05) is 25.1 Å². The molecule has 114 valence electrons. The van der Waals surface area contributed by atoms with E-state index in [2.05, 4.69) is 17.2 Å². The Morgan fingerprint density at radius 2 is 2.18 bits per heavy atom. The molecule has 0 unspecified atom stereocenters. The number of benzene rings is 1. The van der Waals surface area contributed by atoms with Gasteiger partial charge in [-0.1, -0.05) is 12.6 Å². The summed E-state index contributed by atoms with van der Waals surface area (Å²) in [5, 5.41) is 5.63. The summed E-state index contributed by atoms with van der Waals surface area (Å²) in [6.45, 7) is 6.12. The molecule has 0 aliphatic carbocycles. The third-order valence-corrected chi connectivity index (χ3v) is 2.75. The molecule has 2 rings (SSSR count). The molecule has 0 radical (unpaired) electrons. The topological polar surface area (TPSA) is 63.5 Å². The molecule has 1 aromatic carbocycles. The lowest BCUT2D eigenvalue weighted by atomic mass is 10.3. The molecule has 22 heavy (non-hydrogen) atoms. The zero-order valence-corrected chi connectivity index (χ0v) is 12.9. The second-order valence-corrected chi connectivity index (χ2v) is 5.07. The maximum absolute atomic E-state index is 11.8. The van der Waals surface area contributed by atoms with Crippen LogP contribution in [0.1, 0.15) is 17.5 Å². The molecule has 0 atom stereocenters.